The molecule has 2 N–H and O–H groups in total. The van der Waals surface area contributed by atoms with Crippen LogP contribution in [0.3, 0.4) is 0 Å². The normalized spacial score (nSPS) is 10.5. The summed E-state index contributed by atoms with van der Waals surface area (Å²) in [7, 11) is 0. The lowest BCUT2D eigenvalue weighted by molar-refractivity contribution is 0.624. The van der Waals surface area contributed by atoms with E-state index in [1.54, 1.807) is 12.1 Å². The highest BCUT2D eigenvalue weighted by molar-refractivity contribution is 7.80. The van der Waals surface area contributed by atoms with Crippen LogP contribution in [0.4, 0.5) is 10.1 Å². The topological polar surface area (TPSA) is 24.1 Å². The van der Waals surface area contributed by atoms with Crippen molar-refractivity contribution in [1.82, 2.24) is 5.32 Å². The van der Waals surface area contributed by atoms with Gasteiger partial charge in [0, 0.05) is 12.2 Å². The monoisotopic (exact) mass is 344 g/mol. The Labute approximate surface area is 149 Å². The Morgan fingerprint density at radius 3 is 2.58 bits per heavy atom. The van der Waals surface area contributed by atoms with Gasteiger partial charge in [0.15, 0.2) is 5.11 Å². The zero-order valence-electron chi connectivity index (χ0n) is 14.6. The molecule has 0 amide bonds. The van der Waals surface area contributed by atoms with Crippen LogP contribution in [0.5, 0.6) is 0 Å². The van der Waals surface area contributed by atoms with Crippen LogP contribution in [0.15, 0.2) is 36.4 Å². The molecule has 4 heteroatoms. The van der Waals surface area contributed by atoms with E-state index in [1.807, 2.05) is 6.92 Å². The van der Waals surface area contributed by atoms with E-state index in [1.165, 1.54) is 30.0 Å². The highest BCUT2D eigenvalue weighted by atomic mass is 32.1. The molecule has 0 saturated carbocycles. The lowest BCUT2D eigenvalue weighted by Gasteiger charge is -2.14. The molecule has 0 heterocycles. The van der Waals surface area contributed by atoms with Crippen molar-refractivity contribution in [3.05, 3.63) is 64.5 Å². The van der Waals surface area contributed by atoms with Crippen LogP contribution in [0.2, 0.25) is 0 Å². The highest BCUT2D eigenvalue weighted by Crippen LogP contribution is 2.18. The number of halogens is 1. The molecule has 0 fully saturated rings. The largest absolute Gasteiger partial charge is 0.358 e. The lowest BCUT2D eigenvalue weighted by Crippen LogP contribution is -2.28. The molecular weight excluding hydrogens is 319 g/mol. The quantitative estimate of drug-likeness (QED) is 0.698. The van der Waals surface area contributed by atoms with Gasteiger partial charge in [0.25, 0.3) is 0 Å². The van der Waals surface area contributed by atoms with Gasteiger partial charge in [0.2, 0.25) is 0 Å². The molecule has 0 atom stereocenters. The number of anilines is 1. The van der Waals surface area contributed by atoms with Crippen molar-refractivity contribution in [2.24, 2.45) is 0 Å². The Morgan fingerprint density at radius 2 is 1.88 bits per heavy atom. The van der Waals surface area contributed by atoms with Crippen molar-refractivity contribution in [1.29, 1.82) is 0 Å². The third-order valence-corrected chi connectivity index (χ3v) is 4.35. The summed E-state index contributed by atoms with van der Waals surface area (Å²) in [5, 5.41) is 6.91. The fourth-order valence-electron chi connectivity index (χ4n) is 2.57. The molecule has 2 aromatic rings. The van der Waals surface area contributed by atoms with Crippen molar-refractivity contribution in [3.63, 3.8) is 0 Å². The van der Waals surface area contributed by atoms with Crippen LogP contribution in [-0.2, 0) is 13.0 Å². The second kappa shape index (κ2) is 8.78. The number of rotatable bonds is 6. The first kappa shape index (κ1) is 18.4. The van der Waals surface area contributed by atoms with Gasteiger partial charge in [-0.25, -0.2) is 4.39 Å². The molecule has 0 aromatic heterocycles. The van der Waals surface area contributed by atoms with Crippen LogP contribution in [-0.4, -0.2) is 5.11 Å². The molecule has 2 aromatic carbocycles. The maximum absolute atomic E-state index is 13.3. The van der Waals surface area contributed by atoms with Crippen molar-refractivity contribution in [2.75, 3.05) is 5.32 Å². The molecule has 0 aliphatic carbocycles. The third kappa shape index (κ3) is 5.31. The van der Waals surface area contributed by atoms with Crippen molar-refractivity contribution < 1.29 is 4.39 Å². The summed E-state index contributed by atoms with van der Waals surface area (Å²) in [4.78, 5) is 0. The van der Waals surface area contributed by atoms with E-state index in [0.717, 1.165) is 23.2 Å². The summed E-state index contributed by atoms with van der Waals surface area (Å²) >= 11 is 5.36. The minimum absolute atomic E-state index is 0.227. The fourth-order valence-corrected chi connectivity index (χ4v) is 2.76. The summed E-state index contributed by atoms with van der Waals surface area (Å²) in [6.45, 7) is 6.75. The standard InChI is InChI=1S/C20H25FN2S/c1-4-5-6-16-8-10-19(15(3)11-16)23-20(24)22-13-17-12-18(21)9-7-14(17)2/h7-12H,4-6,13H2,1-3H3,(H2,22,23,24). The Bertz CT molecular complexity index is 713. The first-order chi connectivity index (χ1) is 11.5. The van der Waals surface area contributed by atoms with Gasteiger partial charge in [-0.2, -0.15) is 0 Å². The summed E-state index contributed by atoms with van der Waals surface area (Å²) < 4.78 is 13.3. The number of hydrogen-bond acceptors (Lipinski definition) is 1. The van der Waals surface area contributed by atoms with E-state index >= 15 is 0 Å². The number of aryl methyl sites for hydroxylation is 3. The zero-order chi connectivity index (χ0) is 17.5. The zero-order valence-corrected chi connectivity index (χ0v) is 15.4. The van der Waals surface area contributed by atoms with Gasteiger partial charge in [-0.15, -0.1) is 0 Å². The van der Waals surface area contributed by atoms with Gasteiger partial charge < -0.3 is 10.6 Å². The smallest absolute Gasteiger partial charge is 0.171 e. The number of thiocarbonyl (C=S) groups is 1. The highest BCUT2D eigenvalue weighted by Gasteiger charge is 2.05. The molecule has 0 aliphatic rings. The summed E-state index contributed by atoms with van der Waals surface area (Å²) in [6.07, 6.45) is 3.52. The van der Waals surface area contributed by atoms with Crippen LogP contribution in [0.1, 0.15) is 42.0 Å². The predicted octanol–water partition coefficient (Wildman–Crippen LogP) is 5.27. The molecule has 0 spiro atoms. The minimum atomic E-state index is -0.227. The molecule has 0 radical (unpaired) electrons. The van der Waals surface area contributed by atoms with Crippen LogP contribution < -0.4 is 10.6 Å². The number of benzene rings is 2. The van der Waals surface area contributed by atoms with Gasteiger partial charge >= 0.3 is 0 Å². The molecule has 0 bridgehead atoms. The van der Waals surface area contributed by atoms with Crippen LogP contribution in [0.25, 0.3) is 0 Å². The molecule has 0 saturated heterocycles. The molecule has 0 aliphatic heterocycles. The Kier molecular flexibility index (Phi) is 6.73. The number of nitrogens with one attached hydrogen (secondary N) is 2. The molecule has 2 rings (SSSR count). The van der Waals surface area contributed by atoms with Gasteiger partial charge in [-0.05, 0) is 79.4 Å². The fraction of sp³-hybridized carbons (Fsp3) is 0.350. The molecule has 2 nitrogen and oxygen atoms in total. The van der Waals surface area contributed by atoms with Crippen molar-refractivity contribution >= 4 is 23.0 Å². The minimum Gasteiger partial charge on any atom is -0.358 e. The number of unbranched alkanes of at least 4 members (excludes halogenated alkanes) is 1. The average molecular weight is 344 g/mol. The predicted molar refractivity (Wildman–Crippen MR) is 104 cm³/mol. The van der Waals surface area contributed by atoms with Gasteiger partial charge in [0.1, 0.15) is 5.82 Å². The van der Waals surface area contributed by atoms with E-state index in [-0.39, 0.29) is 5.82 Å². The second-order valence-electron chi connectivity index (χ2n) is 6.13. The first-order valence-electron chi connectivity index (χ1n) is 8.39. The second-order valence-corrected chi connectivity index (χ2v) is 6.54. The molecule has 128 valence electrons. The summed E-state index contributed by atoms with van der Waals surface area (Å²) in [5.74, 6) is -0.227. The molecular formula is C20H25FN2S. The number of hydrogen-bond donors (Lipinski definition) is 2. The van der Waals surface area contributed by atoms with Crippen molar-refractivity contribution in [3.8, 4) is 0 Å². The Hall–Kier alpha value is -1.94. The summed E-state index contributed by atoms with van der Waals surface area (Å²) in [6, 6.07) is 11.2. The molecule has 24 heavy (non-hydrogen) atoms. The van der Waals surface area contributed by atoms with E-state index < -0.39 is 0 Å². The van der Waals surface area contributed by atoms with E-state index in [9.17, 15) is 4.39 Å². The van der Waals surface area contributed by atoms with Crippen LogP contribution >= 0.6 is 12.2 Å². The van der Waals surface area contributed by atoms with E-state index in [4.69, 9.17) is 12.2 Å². The average Bonchev–Trinajstić information content (AvgIpc) is 2.56. The van der Waals surface area contributed by atoms with E-state index in [2.05, 4.69) is 42.7 Å². The van der Waals surface area contributed by atoms with Crippen LogP contribution in [0, 0.1) is 19.7 Å². The van der Waals surface area contributed by atoms with Gasteiger partial charge in [-0.3, -0.25) is 0 Å². The van der Waals surface area contributed by atoms with Gasteiger partial charge in [-0.1, -0.05) is 31.5 Å². The Morgan fingerprint density at radius 1 is 1.08 bits per heavy atom. The third-order valence-electron chi connectivity index (χ3n) is 4.11. The maximum Gasteiger partial charge on any atom is 0.171 e. The van der Waals surface area contributed by atoms with E-state index in [0.29, 0.717) is 11.7 Å². The lowest BCUT2D eigenvalue weighted by atomic mass is 10.0. The van der Waals surface area contributed by atoms with Crippen molar-refractivity contribution in [2.45, 2.75) is 46.6 Å². The maximum atomic E-state index is 13.3. The van der Waals surface area contributed by atoms with Gasteiger partial charge in [0.05, 0.1) is 0 Å². The first-order valence-corrected chi connectivity index (χ1v) is 8.80. The Balaban J connectivity index is 1.93. The SMILES string of the molecule is CCCCc1ccc(NC(=S)NCc2cc(F)ccc2C)c(C)c1. The summed E-state index contributed by atoms with van der Waals surface area (Å²) in [5.41, 5.74) is 5.49. The molecule has 0 unspecified atom stereocenters.